The molecule has 0 spiro atoms. The summed E-state index contributed by atoms with van der Waals surface area (Å²) in [5, 5.41) is 0. The maximum atomic E-state index is 12.9. The van der Waals surface area contributed by atoms with Gasteiger partial charge >= 0.3 is 0 Å². The lowest BCUT2D eigenvalue weighted by atomic mass is 10.1. The minimum Gasteiger partial charge on any atom is -0.493 e. The summed E-state index contributed by atoms with van der Waals surface area (Å²) in [5.74, 6) is 2.00. The number of carbonyl (C=O) groups excluding carboxylic acids is 1. The zero-order chi connectivity index (χ0) is 19.5. The Hall–Kier alpha value is -2.73. The van der Waals surface area contributed by atoms with E-state index in [2.05, 4.69) is 4.90 Å². The smallest absolute Gasteiger partial charge is 0.259 e. The molecule has 0 N–H and O–H groups in total. The van der Waals surface area contributed by atoms with Gasteiger partial charge in [-0.3, -0.25) is 9.69 Å². The minimum absolute atomic E-state index is 0.0290. The number of likely N-dealkylation sites (tertiary alicyclic amines) is 1. The molecule has 1 saturated heterocycles. The summed E-state index contributed by atoms with van der Waals surface area (Å²) >= 11 is 0. The van der Waals surface area contributed by atoms with Gasteiger partial charge in [0.2, 0.25) is 0 Å². The summed E-state index contributed by atoms with van der Waals surface area (Å²) in [6.07, 6.45) is 2.58. The lowest BCUT2D eigenvalue weighted by Crippen LogP contribution is -2.25. The maximum Gasteiger partial charge on any atom is 0.259 e. The first kappa shape index (κ1) is 18.6. The van der Waals surface area contributed by atoms with Crippen LogP contribution in [0.25, 0.3) is 0 Å². The van der Waals surface area contributed by atoms with Gasteiger partial charge < -0.3 is 19.1 Å². The molecule has 2 aromatic rings. The third-order valence-corrected chi connectivity index (χ3v) is 5.44. The van der Waals surface area contributed by atoms with Crippen LogP contribution in [0.4, 0.5) is 5.69 Å². The average Bonchev–Trinajstić information content (AvgIpc) is 3.35. The molecule has 2 aliphatic heterocycles. The van der Waals surface area contributed by atoms with Crippen LogP contribution in [0.5, 0.6) is 17.2 Å². The number of nitrogens with zero attached hydrogens (tertiary/aromatic N) is 2. The normalized spacial score (nSPS) is 16.4. The molecule has 0 aliphatic carbocycles. The Bertz CT molecular complexity index is 844. The van der Waals surface area contributed by atoms with E-state index in [1.165, 1.54) is 25.9 Å². The van der Waals surface area contributed by atoms with Gasteiger partial charge in [0.25, 0.3) is 5.91 Å². The van der Waals surface area contributed by atoms with Gasteiger partial charge in [0.05, 0.1) is 20.8 Å². The number of amides is 1. The second-order valence-electron chi connectivity index (χ2n) is 7.15. The number of carbonyl (C=O) groups is 1. The van der Waals surface area contributed by atoms with E-state index in [4.69, 9.17) is 14.2 Å². The van der Waals surface area contributed by atoms with E-state index in [9.17, 15) is 4.79 Å². The number of rotatable bonds is 7. The number of ether oxygens (including phenoxy) is 3. The highest BCUT2D eigenvalue weighted by Gasteiger charge is 2.30. The van der Waals surface area contributed by atoms with E-state index >= 15 is 0 Å². The first-order valence-corrected chi connectivity index (χ1v) is 9.71. The Labute approximate surface area is 165 Å². The van der Waals surface area contributed by atoms with Gasteiger partial charge in [-0.05, 0) is 67.9 Å². The van der Waals surface area contributed by atoms with Crippen molar-refractivity contribution in [3.63, 3.8) is 0 Å². The zero-order valence-electron chi connectivity index (χ0n) is 16.4. The van der Waals surface area contributed by atoms with Crippen molar-refractivity contribution < 1.29 is 19.0 Å². The van der Waals surface area contributed by atoms with Crippen molar-refractivity contribution in [3.05, 3.63) is 47.5 Å². The Kier molecular flexibility index (Phi) is 5.39. The molecular weight excluding hydrogens is 356 g/mol. The van der Waals surface area contributed by atoms with Crippen LogP contribution in [0.2, 0.25) is 0 Å². The lowest BCUT2D eigenvalue weighted by Gasteiger charge is -2.17. The topological polar surface area (TPSA) is 51.2 Å². The largest absolute Gasteiger partial charge is 0.493 e. The zero-order valence-corrected chi connectivity index (χ0v) is 16.4. The van der Waals surface area contributed by atoms with Crippen molar-refractivity contribution in [2.45, 2.75) is 19.4 Å². The fraction of sp³-hybridized carbons (Fsp3) is 0.409. The van der Waals surface area contributed by atoms with E-state index in [1.807, 2.05) is 30.3 Å². The molecule has 28 heavy (non-hydrogen) atoms. The average molecular weight is 382 g/mol. The predicted molar refractivity (Wildman–Crippen MR) is 108 cm³/mol. The van der Waals surface area contributed by atoms with E-state index in [0.717, 1.165) is 23.5 Å². The van der Waals surface area contributed by atoms with E-state index < -0.39 is 0 Å². The molecule has 1 amide bonds. The van der Waals surface area contributed by atoms with E-state index in [1.54, 1.807) is 25.2 Å². The summed E-state index contributed by atoms with van der Waals surface area (Å²) in [6, 6.07) is 11.4. The number of benzene rings is 2. The Morgan fingerprint density at radius 1 is 0.964 bits per heavy atom. The number of anilines is 1. The van der Waals surface area contributed by atoms with Crippen molar-refractivity contribution in [1.29, 1.82) is 0 Å². The van der Waals surface area contributed by atoms with Crippen LogP contribution >= 0.6 is 0 Å². The number of hydrogen-bond donors (Lipinski definition) is 0. The van der Waals surface area contributed by atoms with Crippen molar-refractivity contribution >= 4 is 11.6 Å². The molecule has 1 fully saturated rings. The number of methoxy groups -OCH3 is 2. The number of fused-ring (bicyclic) bond motifs is 1. The summed E-state index contributed by atoms with van der Waals surface area (Å²) < 4.78 is 16.5. The van der Waals surface area contributed by atoms with Crippen LogP contribution < -0.4 is 19.1 Å². The molecule has 4 rings (SSSR count). The molecule has 0 bridgehead atoms. The quantitative estimate of drug-likeness (QED) is 0.735. The van der Waals surface area contributed by atoms with Gasteiger partial charge in [-0.15, -0.1) is 0 Å². The molecule has 0 atom stereocenters. The summed E-state index contributed by atoms with van der Waals surface area (Å²) in [6.45, 7) is 4.52. The molecule has 2 aliphatic rings. The minimum atomic E-state index is -0.0290. The highest BCUT2D eigenvalue weighted by Crippen LogP contribution is 2.36. The molecule has 0 unspecified atom stereocenters. The molecule has 2 heterocycles. The van der Waals surface area contributed by atoms with Crippen LogP contribution in [0.3, 0.4) is 0 Å². The highest BCUT2D eigenvalue weighted by molar-refractivity contribution is 6.10. The molecule has 0 saturated carbocycles. The van der Waals surface area contributed by atoms with Crippen LogP contribution in [0.15, 0.2) is 36.4 Å². The predicted octanol–water partition coefficient (Wildman–Crippen LogP) is 3.34. The molecule has 6 nitrogen and oxygen atoms in total. The van der Waals surface area contributed by atoms with Crippen LogP contribution in [-0.4, -0.2) is 51.3 Å². The van der Waals surface area contributed by atoms with Crippen LogP contribution in [-0.2, 0) is 6.54 Å². The van der Waals surface area contributed by atoms with Gasteiger partial charge in [0, 0.05) is 17.8 Å². The Morgan fingerprint density at radius 2 is 1.64 bits per heavy atom. The third kappa shape index (κ3) is 3.64. The fourth-order valence-corrected chi connectivity index (χ4v) is 3.87. The van der Waals surface area contributed by atoms with Crippen molar-refractivity contribution in [2.75, 3.05) is 45.4 Å². The highest BCUT2D eigenvalue weighted by atomic mass is 16.5. The van der Waals surface area contributed by atoms with Gasteiger partial charge in [0.1, 0.15) is 12.4 Å². The maximum absolute atomic E-state index is 12.9. The SMILES string of the molecule is COc1cc2c(cc1OC)C(=O)N(c1ccc(OCCN3CCCC3)cc1)C2. The monoisotopic (exact) mass is 382 g/mol. The third-order valence-electron chi connectivity index (χ3n) is 5.44. The molecule has 0 aromatic heterocycles. The first-order valence-electron chi connectivity index (χ1n) is 9.71. The molecule has 148 valence electrons. The van der Waals surface area contributed by atoms with E-state index in [-0.39, 0.29) is 5.91 Å². The molecule has 6 heteroatoms. The lowest BCUT2D eigenvalue weighted by molar-refractivity contribution is 0.0996. The van der Waals surface area contributed by atoms with Crippen LogP contribution in [0, 0.1) is 0 Å². The standard InChI is InChI=1S/C22H26N2O4/c1-26-20-13-16-15-24(22(25)19(16)14-21(20)27-2)17-5-7-18(8-6-17)28-12-11-23-9-3-4-10-23/h5-8,13-14H,3-4,9-12,15H2,1-2H3. The second-order valence-corrected chi connectivity index (χ2v) is 7.15. The van der Waals surface area contributed by atoms with Gasteiger partial charge in [-0.2, -0.15) is 0 Å². The number of hydrogen-bond acceptors (Lipinski definition) is 5. The van der Waals surface area contributed by atoms with Crippen molar-refractivity contribution in [1.82, 2.24) is 4.90 Å². The second kappa shape index (κ2) is 8.10. The summed E-state index contributed by atoms with van der Waals surface area (Å²) in [4.78, 5) is 17.1. The van der Waals surface area contributed by atoms with Crippen molar-refractivity contribution in [3.8, 4) is 17.2 Å². The van der Waals surface area contributed by atoms with Gasteiger partial charge in [0.15, 0.2) is 11.5 Å². The van der Waals surface area contributed by atoms with Crippen LogP contribution in [0.1, 0.15) is 28.8 Å². The molecular formula is C22H26N2O4. The first-order chi connectivity index (χ1) is 13.7. The molecule has 2 aromatic carbocycles. The van der Waals surface area contributed by atoms with Gasteiger partial charge in [-0.25, -0.2) is 0 Å². The summed E-state index contributed by atoms with van der Waals surface area (Å²) in [5.41, 5.74) is 2.45. The van der Waals surface area contributed by atoms with Gasteiger partial charge in [-0.1, -0.05) is 0 Å². The van der Waals surface area contributed by atoms with E-state index in [0.29, 0.717) is 30.2 Å². The fourth-order valence-electron chi connectivity index (χ4n) is 3.87. The Balaban J connectivity index is 1.42. The van der Waals surface area contributed by atoms with Crippen molar-refractivity contribution in [2.24, 2.45) is 0 Å². The molecule has 0 radical (unpaired) electrons. The Morgan fingerprint density at radius 3 is 2.32 bits per heavy atom. The summed E-state index contributed by atoms with van der Waals surface area (Å²) in [7, 11) is 3.17.